The van der Waals surface area contributed by atoms with Crippen molar-refractivity contribution in [1.29, 1.82) is 0 Å². The number of hydrogen-bond acceptors (Lipinski definition) is 5. The molecule has 34 heavy (non-hydrogen) atoms. The van der Waals surface area contributed by atoms with E-state index >= 15 is 0 Å². The Bertz CT molecular complexity index is 1040. The lowest BCUT2D eigenvalue weighted by Crippen LogP contribution is -2.60. The zero-order valence-corrected chi connectivity index (χ0v) is 19.8. The van der Waals surface area contributed by atoms with Crippen LogP contribution in [0.25, 0.3) is 0 Å². The van der Waals surface area contributed by atoms with Gasteiger partial charge in [0.15, 0.2) is 0 Å². The van der Waals surface area contributed by atoms with Gasteiger partial charge in [-0.1, -0.05) is 17.7 Å². The van der Waals surface area contributed by atoms with Crippen molar-refractivity contribution in [2.45, 2.75) is 12.5 Å². The summed E-state index contributed by atoms with van der Waals surface area (Å²) in [5.41, 5.74) is 1.60. The zero-order chi connectivity index (χ0) is 24.1. The van der Waals surface area contributed by atoms with Gasteiger partial charge in [0.25, 0.3) is 0 Å². The highest BCUT2D eigenvalue weighted by atomic mass is 35.5. The van der Waals surface area contributed by atoms with Gasteiger partial charge in [-0.2, -0.15) is 0 Å². The van der Waals surface area contributed by atoms with Crippen LogP contribution in [0.4, 0.5) is 16.2 Å². The number of anilines is 2. The van der Waals surface area contributed by atoms with Crippen LogP contribution in [0, 0.1) is 0 Å². The molecule has 10 heteroatoms. The number of nitrogens with one attached hydrogen (secondary N) is 2. The topological polar surface area (TPSA) is 94.2 Å². The van der Waals surface area contributed by atoms with Gasteiger partial charge in [0.1, 0.15) is 11.8 Å². The van der Waals surface area contributed by atoms with Gasteiger partial charge in [-0.3, -0.25) is 9.59 Å². The fourth-order valence-electron chi connectivity index (χ4n) is 4.22. The molecular formula is C24H28ClN5O4. The van der Waals surface area contributed by atoms with Crippen LogP contribution in [0.2, 0.25) is 5.02 Å². The van der Waals surface area contributed by atoms with Crippen LogP contribution < -0.4 is 20.3 Å². The van der Waals surface area contributed by atoms with Gasteiger partial charge in [0.2, 0.25) is 11.8 Å². The Morgan fingerprint density at radius 2 is 1.82 bits per heavy atom. The highest BCUT2D eigenvalue weighted by Crippen LogP contribution is 2.22. The molecule has 2 aliphatic rings. The quantitative estimate of drug-likeness (QED) is 0.678. The molecule has 180 valence electrons. The van der Waals surface area contributed by atoms with E-state index in [0.29, 0.717) is 50.0 Å². The Hall–Kier alpha value is -3.46. The Morgan fingerprint density at radius 3 is 2.50 bits per heavy atom. The second-order valence-electron chi connectivity index (χ2n) is 8.21. The molecule has 1 atom stereocenters. The molecule has 0 unspecified atom stereocenters. The summed E-state index contributed by atoms with van der Waals surface area (Å²) in [6.07, 6.45) is -0.0582. The molecule has 0 bridgehead atoms. The molecule has 2 aliphatic heterocycles. The van der Waals surface area contributed by atoms with E-state index in [1.807, 2.05) is 24.3 Å². The van der Waals surface area contributed by atoms with Crippen LogP contribution in [0.15, 0.2) is 48.5 Å². The number of amides is 4. The molecule has 0 spiro atoms. The summed E-state index contributed by atoms with van der Waals surface area (Å²) in [7, 11) is 1.63. The summed E-state index contributed by atoms with van der Waals surface area (Å²) >= 11 is 6.00. The van der Waals surface area contributed by atoms with E-state index in [4.69, 9.17) is 16.3 Å². The van der Waals surface area contributed by atoms with Gasteiger partial charge >= 0.3 is 6.03 Å². The Balaban J connectivity index is 1.35. The van der Waals surface area contributed by atoms with Crippen LogP contribution in [-0.2, 0) is 9.59 Å². The average molecular weight is 486 g/mol. The summed E-state index contributed by atoms with van der Waals surface area (Å²) in [6, 6.07) is 13.3. The number of methoxy groups -OCH3 is 1. The molecule has 2 N–H and O–H groups in total. The number of hydrogen-bond donors (Lipinski definition) is 2. The number of carbonyl (C=O) groups excluding carboxylic acids is 3. The molecule has 2 aromatic rings. The van der Waals surface area contributed by atoms with E-state index < -0.39 is 12.1 Å². The van der Waals surface area contributed by atoms with E-state index in [1.54, 1.807) is 36.3 Å². The fourth-order valence-corrected chi connectivity index (χ4v) is 4.41. The number of piperazine rings is 2. The minimum absolute atomic E-state index is 0.0582. The summed E-state index contributed by atoms with van der Waals surface area (Å²) in [5.74, 6) is 0.335. The number of carbonyl (C=O) groups is 3. The van der Waals surface area contributed by atoms with Crippen LogP contribution in [0.3, 0.4) is 0 Å². The average Bonchev–Trinajstić information content (AvgIpc) is 2.85. The molecule has 0 saturated carbocycles. The SMILES string of the molecule is COc1ccc(N2CCN(C(=O)C[C@H]3C(=O)NCCN3C(=O)Nc3cccc(Cl)c3)CC2)cc1. The molecule has 0 radical (unpaired) electrons. The predicted molar refractivity (Wildman–Crippen MR) is 130 cm³/mol. The van der Waals surface area contributed by atoms with Crippen molar-refractivity contribution >= 4 is 40.8 Å². The van der Waals surface area contributed by atoms with Crippen LogP contribution in [-0.4, -0.2) is 80.1 Å². The molecule has 2 saturated heterocycles. The van der Waals surface area contributed by atoms with Gasteiger partial charge in [-0.25, -0.2) is 4.79 Å². The maximum Gasteiger partial charge on any atom is 0.322 e. The van der Waals surface area contributed by atoms with Crippen LogP contribution in [0.1, 0.15) is 6.42 Å². The largest absolute Gasteiger partial charge is 0.497 e. The molecular weight excluding hydrogens is 458 g/mol. The molecule has 2 aromatic carbocycles. The van der Waals surface area contributed by atoms with Crippen LogP contribution in [0.5, 0.6) is 5.75 Å². The van der Waals surface area contributed by atoms with Crippen molar-refractivity contribution in [3.8, 4) is 5.75 Å². The second kappa shape index (κ2) is 10.6. The second-order valence-corrected chi connectivity index (χ2v) is 8.65. The Morgan fingerprint density at radius 1 is 1.09 bits per heavy atom. The third-order valence-electron chi connectivity index (χ3n) is 6.11. The molecule has 0 aromatic heterocycles. The lowest BCUT2D eigenvalue weighted by atomic mass is 10.1. The highest BCUT2D eigenvalue weighted by Gasteiger charge is 2.36. The van der Waals surface area contributed by atoms with Gasteiger partial charge in [0.05, 0.1) is 13.5 Å². The monoisotopic (exact) mass is 485 g/mol. The first-order valence-electron chi connectivity index (χ1n) is 11.2. The number of urea groups is 1. The van der Waals surface area contributed by atoms with E-state index in [1.165, 1.54) is 4.90 Å². The number of ether oxygens (including phenoxy) is 1. The molecule has 9 nitrogen and oxygen atoms in total. The van der Waals surface area contributed by atoms with Crippen molar-refractivity contribution in [3.63, 3.8) is 0 Å². The van der Waals surface area contributed by atoms with E-state index in [2.05, 4.69) is 15.5 Å². The number of rotatable bonds is 5. The normalized spacial score (nSPS) is 18.4. The minimum atomic E-state index is -0.861. The summed E-state index contributed by atoms with van der Waals surface area (Å²) < 4.78 is 5.21. The standard InChI is InChI=1S/C24H28ClN5O4/c1-34-20-7-5-19(6-8-20)28-11-13-29(14-12-28)22(31)16-21-23(32)26-9-10-30(21)24(33)27-18-4-2-3-17(25)15-18/h2-8,15,21H,9-14,16H2,1H3,(H,26,32)(H,27,33)/t21-/m0/s1. The van der Waals surface area contributed by atoms with Crippen molar-refractivity contribution in [2.24, 2.45) is 0 Å². The first-order valence-corrected chi connectivity index (χ1v) is 11.6. The number of benzene rings is 2. The third-order valence-corrected chi connectivity index (χ3v) is 6.34. The first-order chi connectivity index (χ1) is 16.4. The Labute approximate surface area is 203 Å². The van der Waals surface area contributed by atoms with Crippen molar-refractivity contribution < 1.29 is 19.1 Å². The smallest absolute Gasteiger partial charge is 0.322 e. The van der Waals surface area contributed by atoms with E-state index in [9.17, 15) is 14.4 Å². The first kappa shape index (κ1) is 23.7. The van der Waals surface area contributed by atoms with Gasteiger partial charge in [-0.05, 0) is 42.5 Å². The molecule has 0 aliphatic carbocycles. The van der Waals surface area contributed by atoms with Crippen molar-refractivity contribution in [1.82, 2.24) is 15.1 Å². The zero-order valence-electron chi connectivity index (χ0n) is 19.0. The van der Waals surface area contributed by atoms with Gasteiger partial charge in [0, 0.05) is 55.7 Å². The minimum Gasteiger partial charge on any atom is -0.497 e. The molecule has 2 heterocycles. The van der Waals surface area contributed by atoms with Gasteiger partial charge < -0.3 is 30.1 Å². The fraction of sp³-hybridized carbons (Fsp3) is 0.375. The molecule has 4 rings (SSSR count). The van der Waals surface area contributed by atoms with Crippen molar-refractivity contribution in [2.75, 3.05) is 56.6 Å². The van der Waals surface area contributed by atoms with E-state index in [-0.39, 0.29) is 18.2 Å². The summed E-state index contributed by atoms with van der Waals surface area (Å²) in [6.45, 7) is 3.14. The molecule has 2 fully saturated rings. The Kier molecular flexibility index (Phi) is 7.42. The third kappa shape index (κ3) is 5.53. The summed E-state index contributed by atoms with van der Waals surface area (Å²) in [4.78, 5) is 43.9. The van der Waals surface area contributed by atoms with Crippen LogP contribution >= 0.6 is 11.6 Å². The lowest BCUT2D eigenvalue weighted by molar-refractivity contribution is -0.137. The van der Waals surface area contributed by atoms with Crippen molar-refractivity contribution in [3.05, 3.63) is 53.6 Å². The number of nitrogens with zero attached hydrogens (tertiary/aromatic N) is 3. The van der Waals surface area contributed by atoms with Gasteiger partial charge in [-0.15, -0.1) is 0 Å². The lowest BCUT2D eigenvalue weighted by Gasteiger charge is -2.38. The highest BCUT2D eigenvalue weighted by molar-refractivity contribution is 6.30. The predicted octanol–water partition coefficient (Wildman–Crippen LogP) is 2.42. The number of halogens is 1. The maximum absolute atomic E-state index is 13.0. The molecule has 4 amide bonds. The summed E-state index contributed by atoms with van der Waals surface area (Å²) in [5, 5.41) is 6.03. The maximum atomic E-state index is 13.0. The van der Waals surface area contributed by atoms with E-state index in [0.717, 1.165) is 11.4 Å².